The van der Waals surface area contributed by atoms with Crippen LogP contribution in [-0.4, -0.2) is 27.4 Å². The van der Waals surface area contributed by atoms with Crippen LogP contribution in [0.25, 0.3) is 22.2 Å². The van der Waals surface area contributed by atoms with E-state index in [0.717, 1.165) is 55.3 Å². The molecule has 3 aromatic rings. The monoisotopic (exact) mass is 707 g/mol. The van der Waals surface area contributed by atoms with E-state index in [1.165, 1.54) is 17.4 Å². The Morgan fingerprint density at radius 2 is 1.54 bits per heavy atom. The molecule has 5 rings (SSSR count). The molecule has 4 atom stereocenters. The molecule has 1 aromatic heterocycles. The Kier molecular flexibility index (Phi) is 11.0. The molecule has 1 heterocycles. The number of hydrogen-bond donors (Lipinski definition) is 2. The van der Waals surface area contributed by atoms with Gasteiger partial charge in [0.1, 0.15) is 0 Å². The maximum absolute atomic E-state index is 10.9. The normalized spacial score (nSPS) is 24.9. The van der Waals surface area contributed by atoms with Gasteiger partial charge >= 0.3 is 0 Å². The van der Waals surface area contributed by atoms with Crippen LogP contribution in [0.15, 0.2) is 54.6 Å². The number of aliphatic hydroxyl groups is 2. The minimum Gasteiger partial charge on any atom is -0.392 e. The maximum Gasteiger partial charge on any atom is 0.0651 e. The van der Waals surface area contributed by atoms with Crippen molar-refractivity contribution in [1.29, 1.82) is 0 Å². The molecule has 2 aliphatic rings. The van der Waals surface area contributed by atoms with Crippen LogP contribution in [0.5, 0.6) is 0 Å². The second kappa shape index (κ2) is 13.4. The van der Waals surface area contributed by atoms with Gasteiger partial charge in [-0.2, -0.15) is 0 Å². The third-order valence-corrected chi connectivity index (χ3v) is 10.4. The summed E-state index contributed by atoms with van der Waals surface area (Å²) in [4.78, 5) is 4.76. The molecule has 0 spiro atoms. The molecule has 2 N–H and O–H groups in total. The predicted octanol–water partition coefficient (Wildman–Crippen LogP) is 8.57. The SMILES string of the molecule is CC(C)c1cccc2nc(-c3[c-]cccc3)ccc12.CCC1(CC)CCC2CC(CC)(CC)C(O)C2C1O.[Ir]. The molecular weight excluding hydrogens is 659 g/mol. The van der Waals surface area contributed by atoms with Gasteiger partial charge in [-0.15, -0.1) is 35.9 Å². The van der Waals surface area contributed by atoms with Gasteiger partial charge in [0.25, 0.3) is 0 Å². The van der Waals surface area contributed by atoms with Crippen LogP contribution in [-0.2, 0) is 20.1 Å². The van der Waals surface area contributed by atoms with Crippen molar-refractivity contribution in [3.8, 4) is 11.3 Å². The number of aliphatic hydroxyl groups excluding tert-OH is 2. The predicted molar refractivity (Wildman–Crippen MR) is 159 cm³/mol. The van der Waals surface area contributed by atoms with Gasteiger partial charge in [0.15, 0.2) is 0 Å². The van der Waals surface area contributed by atoms with Crippen LogP contribution in [0.1, 0.15) is 98.0 Å². The fourth-order valence-corrected chi connectivity index (χ4v) is 7.56. The van der Waals surface area contributed by atoms with Crippen molar-refractivity contribution < 1.29 is 30.3 Å². The molecule has 39 heavy (non-hydrogen) atoms. The smallest absolute Gasteiger partial charge is 0.0651 e. The molecule has 4 heteroatoms. The van der Waals surface area contributed by atoms with E-state index in [-0.39, 0.29) is 49.1 Å². The van der Waals surface area contributed by atoms with Crippen LogP contribution in [0, 0.1) is 28.7 Å². The summed E-state index contributed by atoms with van der Waals surface area (Å²) < 4.78 is 0. The Balaban J connectivity index is 0.000000210. The average molecular weight is 707 g/mol. The zero-order valence-electron chi connectivity index (χ0n) is 24.7. The van der Waals surface area contributed by atoms with E-state index >= 15 is 0 Å². The van der Waals surface area contributed by atoms with E-state index in [2.05, 4.69) is 77.9 Å². The van der Waals surface area contributed by atoms with Crippen LogP contribution in [0.3, 0.4) is 0 Å². The summed E-state index contributed by atoms with van der Waals surface area (Å²) in [7, 11) is 0. The first-order valence-electron chi connectivity index (χ1n) is 15.0. The summed E-state index contributed by atoms with van der Waals surface area (Å²) in [6.45, 7) is 13.2. The number of rotatable bonds is 6. The first kappa shape index (κ1) is 31.9. The topological polar surface area (TPSA) is 53.4 Å². The Morgan fingerprint density at radius 1 is 0.872 bits per heavy atom. The van der Waals surface area contributed by atoms with Gasteiger partial charge < -0.3 is 10.2 Å². The van der Waals surface area contributed by atoms with E-state index in [0.29, 0.717) is 11.8 Å². The third-order valence-electron chi connectivity index (χ3n) is 10.4. The summed E-state index contributed by atoms with van der Waals surface area (Å²) in [6.07, 6.45) is 6.98. The van der Waals surface area contributed by atoms with Gasteiger partial charge in [-0.05, 0) is 84.9 Å². The molecule has 2 aliphatic carbocycles. The molecule has 4 unspecified atom stereocenters. The minimum absolute atomic E-state index is 0. The number of hydrogen-bond acceptors (Lipinski definition) is 3. The Bertz CT molecular complexity index is 1180. The molecule has 2 fully saturated rings. The number of aromatic nitrogens is 1. The van der Waals surface area contributed by atoms with Crippen LogP contribution in [0.2, 0.25) is 0 Å². The van der Waals surface area contributed by atoms with Crippen molar-refractivity contribution in [2.75, 3.05) is 0 Å². The molecule has 215 valence electrons. The van der Waals surface area contributed by atoms with E-state index in [1.54, 1.807) is 0 Å². The number of benzene rings is 2. The van der Waals surface area contributed by atoms with E-state index in [9.17, 15) is 10.2 Å². The third kappa shape index (κ3) is 6.05. The minimum atomic E-state index is -0.309. The standard InChI is InChI=1S/C18H16N.C17H32O2.Ir/c1-13(2)15-9-6-10-18-16(15)11-12-17(19-18)14-7-4-3-5-8-14;1-5-16(6-2)10-9-12-11-17(7-3,8-4)15(19)13(12)14(16)18;/h3-7,9-13H,1-2H3;12-15,18-19H,5-11H2,1-4H3;/q-1;;. The van der Waals surface area contributed by atoms with Crippen molar-refractivity contribution in [3.05, 3.63) is 66.2 Å². The second-order valence-corrected chi connectivity index (χ2v) is 12.2. The molecule has 2 saturated carbocycles. The second-order valence-electron chi connectivity index (χ2n) is 12.2. The zero-order valence-corrected chi connectivity index (χ0v) is 27.1. The van der Waals surface area contributed by atoms with Crippen molar-refractivity contribution in [2.45, 2.75) is 105 Å². The Morgan fingerprint density at radius 3 is 2.13 bits per heavy atom. The fourth-order valence-electron chi connectivity index (χ4n) is 7.56. The molecule has 0 saturated heterocycles. The first-order valence-corrected chi connectivity index (χ1v) is 15.0. The molecule has 0 bridgehead atoms. The summed E-state index contributed by atoms with van der Waals surface area (Å²) >= 11 is 0. The van der Waals surface area contributed by atoms with Gasteiger partial charge in [0.05, 0.1) is 17.7 Å². The van der Waals surface area contributed by atoms with E-state index in [4.69, 9.17) is 4.98 Å². The number of pyridine rings is 1. The summed E-state index contributed by atoms with van der Waals surface area (Å²) in [6, 6.07) is 21.8. The quantitative estimate of drug-likeness (QED) is 0.253. The molecule has 0 aliphatic heterocycles. The first-order chi connectivity index (χ1) is 18.3. The van der Waals surface area contributed by atoms with Crippen molar-refractivity contribution in [3.63, 3.8) is 0 Å². The maximum atomic E-state index is 10.9. The van der Waals surface area contributed by atoms with Gasteiger partial charge in [-0.1, -0.05) is 65.8 Å². The summed E-state index contributed by atoms with van der Waals surface area (Å²) in [5, 5.41) is 23.0. The Hall–Kier alpha value is -1.58. The molecule has 1 radical (unpaired) electrons. The molecule has 2 aromatic carbocycles. The van der Waals surface area contributed by atoms with Crippen LogP contribution >= 0.6 is 0 Å². The van der Waals surface area contributed by atoms with Gasteiger partial charge in [0, 0.05) is 31.4 Å². The van der Waals surface area contributed by atoms with E-state index < -0.39 is 0 Å². The van der Waals surface area contributed by atoms with Crippen molar-refractivity contribution in [2.24, 2.45) is 22.7 Å². The van der Waals surface area contributed by atoms with Gasteiger partial charge in [-0.3, -0.25) is 4.98 Å². The summed E-state index contributed by atoms with van der Waals surface area (Å²) in [5.41, 5.74) is 4.55. The number of fused-ring (bicyclic) bond motifs is 2. The average Bonchev–Trinajstić information content (AvgIpc) is 3.26. The molecule has 0 amide bonds. The molecule has 3 nitrogen and oxygen atoms in total. The fraction of sp³-hybridized carbons (Fsp3) is 0.571. The molecular formula is C35H48IrNO2-. The van der Waals surface area contributed by atoms with Crippen LogP contribution < -0.4 is 0 Å². The Labute approximate surface area is 250 Å². The largest absolute Gasteiger partial charge is 0.392 e. The summed E-state index contributed by atoms with van der Waals surface area (Å²) in [5.74, 6) is 1.17. The van der Waals surface area contributed by atoms with Crippen molar-refractivity contribution >= 4 is 10.9 Å². The van der Waals surface area contributed by atoms with Gasteiger partial charge in [-0.25, -0.2) is 0 Å². The zero-order chi connectivity index (χ0) is 27.5. The van der Waals surface area contributed by atoms with Crippen molar-refractivity contribution in [1.82, 2.24) is 4.98 Å². The van der Waals surface area contributed by atoms with Gasteiger partial charge in [0.2, 0.25) is 0 Å². The van der Waals surface area contributed by atoms with E-state index in [1.807, 2.05) is 24.3 Å². The van der Waals surface area contributed by atoms with Crippen LogP contribution in [0.4, 0.5) is 0 Å². The number of nitrogens with zero attached hydrogens (tertiary/aromatic N) is 1.